The highest BCUT2D eigenvalue weighted by Gasteiger charge is 2.17. The average molecular weight is 390 g/mol. The molecule has 3 N–H and O–H groups in total. The lowest BCUT2D eigenvalue weighted by atomic mass is 10.1. The van der Waals surface area contributed by atoms with Crippen molar-refractivity contribution in [3.63, 3.8) is 0 Å². The van der Waals surface area contributed by atoms with Crippen LogP contribution in [0, 0.1) is 6.92 Å². The third-order valence-electron chi connectivity index (χ3n) is 4.91. The number of H-pyrrole nitrogens is 1. The summed E-state index contributed by atoms with van der Waals surface area (Å²) in [5.74, 6) is 3.25. The summed E-state index contributed by atoms with van der Waals surface area (Å²) in [5, 5.41) is 14.9. The first-order valence-electron chi connectivity index (χ1n) is 9.74. The molecule has 29 heavy (non-hydrogen) atoms. The molecule has 5 rings (SSSR count). The number of nitrogens with one attached hydrogen (secondary N) is 3. The molecule has 1 aliphatic rings. The Labute approximate surface area is 167 Å². The van der Waals surface area contributed by atoms with Crippen LogP contribution in [0.5, 0.6) is 0 Å². The second kappa shape index (κ2) is 7.56. The van der Waals surface area contributed by atoms with E-state index in [4.69, 9.17) is 14.1 Å². The second-order valence-corrected chi connectivity index (χ2v) is 7.20. The summed E-state index contributed by atoms with van der Waals surface area (Å²) in [4.78, 5) is 9.38. The van der Waals surface area contributed by atoms with E-state index in [1.165, 1.54) is 0 Å². The number of benzene rings is 1. The Morgan fingerprint density at radius 3 is 2.62 bits per heavy atom. The number of aromatic nitrogens is 4. The number of aromatic amines is 1. The van der Waals surface area contributed by atoms with Gasteiger partial charge in [0.05, 0.1) is 0 Å². The summed E-state index contributed by atoms with van der Waals surface area (Å²) < 4.78 is 11.4. The van der Waals surface area contributed by atoms with Crippen molar-refractivity contribution in [3.05, 3.63) is 48.2 Å². The summed E-state index contributed by atoms with van der Waals surface area (Å²) in [6.07, 6.45) is 1.90. The van der Waals surface area contributed by atoms with Gasteiger partial charge in [-0.15, -0.1) is 0 Å². The first kappa shape index (κ1) is 17.7. The fourth-order valence-electron chi connectivity index (χ4n) is 3.45. The van der Waals surface area contributed by atoms with Crippen LogP contribution >= 0.6 is 0 Å². The molecule has 0 aliphatic carbocycles. The van der Waals surface area contributed by atoms with E-state index in [1.807, 2.05) is 49.4 Å². The Hall–Kier alpha value is -3.39. The molecule has 3 aromatic heterocycles. The monoisotopic (exact) mass is 390 g/mol. The number of rotatable bonds is 5. The first-order valence-corrected chi connectivity index (χ1v) is 9.74. The number of nitrogens with zero attached hydrogens (tertiary/aromatic N) is 3. The molecule has 1 saturated heterocycles. The van der Waals surface area contributed by atoms with Crippen LogP contribution in [0.2, 0.25) is 0 Å². The molecule has 0 radical (unpaired) electrons. The molecule has 1 fully saturated rings. The molecule has 0 unspecified atom stereocenters. The van der Waals surface area contributed by atoms with E-state index in [1.54, 1.807) is 0 Å². The van der Waals surface area contributed by atoms with Gasteiger partial charge in [-0.05, 0) is 31.9 Å². The minimum atomic E-state index is 0.322. The zero-order chi connectivity index (χ0) is 19.6. The normalized spacial score (nSPS) is 14.9. The van der Waals surface area contributed by atoms with Gasteiger partial charge >= 0.3 is 0 Å². The molecule has 8 heteroatoms. The van der Waals surface area contributed by atoms with Crippen LogP contribution < -0.4 is 10.6 Å². The minimum Gasteiger partial charge on any atom is -0.453 e. The highest BCUT2D eigenvalue weighted by Crippen LogP contribution is 2.28. The summed E-state index contributed by atoms with van der Waals surface area (Å²) in [5.41, 5.74) is 1.78. The number of anilines is 3. The van der Waals surface area contributed by atoms with E-state index in [2.05, 4.69) is 25.8 Å². The molecule has 0 spiro atoms. The topological polar surface area (TPSA) is 101 Å². The number of hydrogen-bond donors (Lipinski definition) is 3. The number of para-hydroxylation sites is 1. The highest BCUT2D eigenvalue weighted by molar-refractivity contribution is 5.82. The van der Waals surface area contributed by atoms with Crippen molar-refractivity contribution in [1.82, 2.24) is 20.2 Å². The number of ether oxygens (including phenoxy) is 1. The summed E-state index contributed by atoms with van der Waals surface area (Å²) >= 11 is 0. The predicted molar refractivity (Wildman–Crippen MR) is 111 cm³/mol. The maximum absolute atomic E-state index is 5.99. The maximum atomic E-state index is 5.99. The van der Waals surface area contributed by atoms with Crippen LogP contribution in [0.15, 0.2) is 46.9 Å². The van der Waals surface area contributed by atoms with Gasteiger partial charge < -0.3 is 19.8 Å². The predicted octanol–water partition coefficient (Wildman–Crippen LogP) is 4.26. The van der Waals surface area contributed by atoms with Gasteiger partial charge in [-0.25, -0.2) is 9.97 Å². The Kier molecular flexibility index (Phi) is 4.61. The molecule has 1 aromatic carbocycles. The van der Waals surface area contributed by atoms with Crippen molar-refractivity contribution < 1.29 is 9.15 Å². The molecule has 0 atom stereocenters. The SMILES string of the molecule is Cc1cc(Nc2cc(NC3CCOCC3)nc(-c3cc4ccccc4o3)n2)n[nH]1. The molecular weight excluding hydrogens is 368 g/mol. The van der Waals surface area contributed by atoms with Crippen LogP contribution in [-0.2, 0) is 4.74 Å². The molecule has 0 amide bonds. The van der Waals surface area contributed by atoms with Crippen molar-refractivity contribution in [2.75, 3.05) is 23.8 Å². The Morgan fingerprint density at radius 2 is 1.83 bits per heavy atom. The van der Waals surface area contributed by atoms with Crippen LogP contribution in [0.25, 0.3) is 22.6 Å². The van der Waals surface area contributed by atoms with Crippen LogP contribution in [0.3, 0.4) is 0 Å². The highest BCUT2D eigenvalue weighted by atomic mass is 16.5. The number of aryl methyl sites for hydroxylation is 1. The molecule has 8 nitrogen and oxygen atoms in total. The Bertz CT molecular complexity index is 1100. The third kappa shape index (κ3) is 3.93. The minimum absolute atomic E-state index is 0.322. The summed E-state index contributed by atoms with van der Waals surface area (Å²) in [6, 6.07) is 14.0. The lowest BCUT2D eigenvalue weighted by Crippen LogP contribution is -2.28. The van der Waals surface area contributed by atoms with Crippen molar-refractivity contribution in [2.45, 2.75) is 25.8 Å². The van der Waals surface area contributed by atoms with Crippen LogP contribution in [-0.4, -0.2) is 39.4 Å². The van der Waals surface area contributed by atoms with Gasteiger partial charge in [0, 0.05) is 42.5 Å². The van der Waals surface area contributed by atoms with Crippen LogP contribution in [0.1, 0.15) is 18.5 Å². The number of hydrogen-bond acceptors (Lipinski definition) is 7. The summed E-state index contributed by atoms with van der Waals surface area (Å²) in [6.45, 7) is 3.48. The lowest BCUT2D eigenvalue weighted by Gasteiger charge is -2.23. The van der Waals surface area contributed by atoms with Gasteiger partial charge in [-0.1, -0.05) is 18.2 Å². The van der Waals surface area contributed by atoms with Crippen molar-refractivity contribution in [1.29, 1.82) is 0 Å². The van der Waals surface area contributed by atoms with Crippen molar-refractivity contribution in [2.24, 2.45) is 0 Å². The molecule has 1 aliphatic heterocycles. The van der Waals surface area contributed by atoms with Gasteiger partial charge in [0.15, 0.2) is 17.4 Å². The van der Waals surface area contributed by atoms with Crippen molar-refractivity contribution in [3.8, 4) is 11.6 Å². The fraction of sp³-hybridized carbons (Fsp3) is 0.286. The third-order valence-corrected chi connectivity index (χ3v) is 4.91. The smallest absolute Gasteiger partial charge is 0.199 e. The molecule has 0 bridgehead atoms. The van der Waals surface area contributed by atoms with Gasteiger partial charge in [-0.3, -0.25) is 5.10 Å². The van der Waals surface area contributed by atoms with E-state index in [0.29, 0.717) is 29.3 Å². The second-order valence-electron chi connectivity index (χ2n) is 7.20. The van der Waals surface area contributed by atoms with Gasteiger partial charge in [-0.2, -0.15) is 5.10 Å². The van der Waals surface area contributed by atoms with E-state index < -0.39 is 0 Å². The van der Waals surface area contributed by atoms with Crippen LogP contribution in [0.4, 0.5) is 17.5 Å². The van der Waals surface area contributed by atoms with E-state index in [0.717, 1.165) is 48.5 Å². The first-order chi connectivity index (χ1) is 14.2. The van der Waals surface area contributed by atoms with Gasteiger partial charge in [0.25, 0.3) is 0 Å². The fourth-order valence-corrected chi connectivity index (χ4v) is 3.45. The summed E-state index contributed by atoms with van der Waals surface area (Å²) in [7, 11) is 0. The Morgan fingerprint density at radius 1 is 1.00 bits per heavy atom. The average Bonchev–Trinajstić information content (AvgIpc) is 3.34. The van der Waals surface area contributed by atoms with Gasteiger partial charge in [0.2, 0.25) is 0 Å². The zero-order valence-electron chi connectivity index (χ0n) is 16.1. The molecule has 148 valence electrons. The quantitative estimate of drug-likeness (QED) is 0.468. The maximum Gasteiger partial charge on any atom is 0.199 e. The standard InChI is InChI=1S/C21H22N6O2/c1-13-10-20(27-26-13)23-19-12-18(22-15-6-8-28-9-7-15)24-21(25-19)17-11-14-4-2-3-5-16(14)29-17/h2-5,10-12,15H,6-9H2,1H3,(H3,22,23,24,25,26,27). The van der Waals surface area contributed by atoms with E-state index in [-0.39, 0.29) is 0 Å². The van der Waals surface area contributed by atoms with Crippen molar-refractivity contribution >= 4 is 28.4 Å². The molecule has 0 saturated carbocycles. The molecule has 4 aromatic rings. The van der Waals surface area contributed by atoms with E-state index >= 15 is 0 Å². The number of fused-ring (bicyclic) bond motifs is 1. The van der Waals surface area contributed by atoms with E-state index in [9.17, 15) is 0 Å². The van der Waals surface area contributed by atoms with Gasteiger partial charge in [0.1, 0.15) is 17.2 Å². The molecular formula is C21H22N6O2. The lowest BCUT2D eigenvalue weighted by molar-refractivity contribution is 0.0904. The molecule has 4 heterocycles. The number of furan rings is 1. The Balaban J connectivity index is 1.51. The largest absolute Gasteiger partial charge is 0.453 e. The zero-order valence-corrected chi connectivity index (χ0v) is 16.1.